The van der Waals surface area contributed by atoms with Gasteiger partial charge in [-0.2, -0.15) is 9.61 Å². The Bertz CT molecular complexity index is 1030. The van der Waals surface area contributed by atoms with Crippen LogP contribution in [0.1, 0.15) is 16.8 Å². The van der Waals surface area contributed by atoms with Crippen LogP contribution >= 0.6 is 0 Å². The Morgan fingerprint density at radius 1 is 0.880 bits per heavy atom. The first kappa shape index (κ1) is 15.4. The minimum Gasteiger partial charge on any atom is -0.340 e. The van der Waals surface area contributed by atoms with E-state index in [1.807, 2.05) is 47.8 Å². The van der Waals surface area contributed by atoms with Crippen molar-refractivity contribution < 1.29 is 0 Å². The second-order valence-electron chi connectivity index (χ2n) is 6.35. The Kier molecular flexibility index (Phi) is 3.73. The summed E-state index contributed by atoms with van der Waals surface area (Å²) in [5.41, 5.74) is 7.28. The lowest BCUT2D eigenvalue weighted by Crippen LogP contribution is -2.02. The number of anilines is 2. The van der Waals surface area contributed by atoms with E-state index in [1.54, 1.807) is 0 Å². The summed E-state index contributed by atoms with van der Waals surface area (Å²) in [5, 5.41) is 8.29. The zero-order valence-corrected chi connectivity index (χ0v) is 14.6. The van der Waals surface area contributed by atoms with Gasteiger partial charge in [0, 0.05) is 28.6 Å². The van der Waals surface area contributed by atoms with Crippen molar-refractivity contribution in [3.05, 3.63) is 77.5 Å². The van der Waals surface area contributed by atoms with E-state index in [4.69, 9.17) is 10.1 Å². The van der Waals surface area contributed by atoms with E-state index >= 15 is 0 Å². The van der Waals surface area contributed by atoms with Crippen LogP contribution in [0, 0.1) is 20.8 Å². The molecule has 4 aromatic rings. The largest absolute Gasteiger partial charge is 0.340 e. The van der Waals surface area contributed by atoms with Crippen LogP contribution < -0.4 is 5.32 Å². The SMILES string of the molecule is Cc1ccc(-c2nn3c(Nc4ccccc4)cc(C)nc3c2C)cc1. The van der Waals surface area contributed by atoms with Crippen molar-refractivity contribution in [3.63, 3.8) is 0 Å². The van der Waals surface area contributed by atoms with Gasteiger partial charge in [0.25, 0.3) is 0 Å². The van der Waals surface area contributed by atoms with Crippen LogP contribution in [0.5, 0.6) is 0 Å². The molecule has 0 radical (unpaired) electrons. The van der Waals surface area contributed by atoms with Crippen molar-refractivity contribution in [3.8, 4) is 11.3 Å². The molecular formula is C21H20N4. The average Bonchev–Trinajstić information content (AvgIpc) is 2.94. The van der Waals surface area contributed by atoms with E-state index in [0.29, 0.717) is 0 Å². The Hall–Kier alpha value is -3.14. The normalized spacial score (nSPS) is 11.0. The molecule has 0 amide bonds. The topological polar surface area (TPSA) is 42.2 Å². The van der Waals surface area contributed by atoms with Gasteiger partial charge in [0.1, 0.15) is 5.82 Å². The number of benzene rings is 2. The molecule has 1 N–H and O–H groups in total. The van der Waals surface area contributed by atoms with Crippen LogP contribution in [-0.2, 0) is 0 Å². The predicted octanol–water partition coefficient (Wildman–Crippen LogP) is 5.07. The predicted molar refractivity (Wildman–Crippen MR) is 102 cm³/mol. The van der Waals surface area contributed by atoms with E-state index in [-0.39, 0.29) is 0 Å². The van der Waals surface area contributed by atoms with Gasteiger partial charge in [0.2, 0.25) is 0 Å². The minimum atomic E-state index is 0.883. The number of rotatable bonds is 3. The van der Waals surface area contributed by atoms with Crippen molar-refractivity contribution in [1.82, 2.24) is 14.6 Å². The van der Waals surface area contributed by atoms with Crippen LogP contribution in [0.3, 0.4) is 0 Å². The number of aryl methyl sites for hydroxylation is 3. The fraction of sp³-hybridized carbons (Fsp3) is 0.143. The van der Waals surface area contributed by atoms with Crippen molar-refractivity contribution in [2.75, 3.05) is 5.32 Å². The lowest BCUT2D eigenvalue weighted by Gasteiger charge is -2.09. The summed E-state index contributed by atoms with van der Waals surface area (Å²) in [7, 11) is 0. The van der Waals surface area contributed by atoms with Gasteiger partial charge in [-0.05, 0) is 32.9 Å². The first-order valence-corrected chi connectivity index (χ1v) is 8.38. The molecule has 4 nitrogen and oxygen atoms in total. The summed E-state index contributed by atoms with van der Waals surface area (Å²) < 4.78 is 1.89. The van der Waals surface area contributed by atoms with Crippen LogP contribution in [0.2, 0.25) is 0 Å². The molecule has 0 aliphatic carbocycles. The zero-order chi connectivity index (χ0) is 17.4. The smallest absolute Gasteiger partial charge is 0.161 e. The molecule has 25 heavy (non-hydrogen) atoms. The van der Waals surface area contributed by atoms with E-state index in [2.05, 4.69) is 43.4 Å². The summed E-state index contributed by atoms with van der Waals surface area (Å²) in [4.78, 5) is 4.70. The first-order valence-electron chi connectivity index (χ1n) is 8.38. The molecule has 2 aromatic heterocycles. The summed E-state index contributed by atoms with van der Waals surface area (Å²) >= 11 is 0. The number of fused-ring (bicyclic) bond motifs is 1. The molecule has 0 aliphatic rings. The van der Waals surface area contributed by atoms with Crippen molar-refractivity contribution >= 4 is 17.2 Å². The molecule has 4 heteroatoms. The number of hydrogen-bond donors (Lipinski definition) is 1. The van der Waals surface area contributed by atoms with Gasteiger partial charge in [-0.25, -0.2) is 4.98 Å². The summed E-state index contributed by atoms with van der Waals surface area (Å²) in [5.74, 6) is 0.912. The highest BCUT2D eigenvalue weighted by Crippen LogP contribution is 2.28. The van der Waals surface area contributed by atoms with Gasteiger partial charge in [-0.1, -0.05) is 48.0 Å². The van der Waals surface area contributed by atoms with Gasteiger partial charge in [0.05, 0.1) is 5.69 Å². The molecule has 4 rings (SSSR count). The first-order chi connectivity index (χ1) is 12.1. The third-order valence-corrected chi connectivity index (χ3v) is 4.32. The lowest BCUT2D eigenvalue weighted by atomic mass is 10.1. The highest BCUT2D eigenvalue weighted by atomic mass is 15.3. The maximum absolute atomic E-state index is 4.84. The Balaban J connectivity index is 1.87. The second-order valence-corrected chi connectivity index (χ2v) is 6.35. The number of aromatic nitrogens is 3. The minimum absolute atomic E-state index is 0.883. The summed E-state index contributed by atoms with van der Waals surface area (Å²) in [6, 6.07) is 20.6. The van der Waals surface area contributed by atoms with Crippen LogP contribution in [0.25, 0.3) is 16.9 Å². The van der Waals surface area contributed by atoms with Gasteiger partial charge >= 0.3 is 0 Å². The number of para-hydroxylation sites is 1. The fourth-order valence-corrected chi connectivity index (χ4v) is 2.99. The lowest BCUT2D eigenvalue weighted by molar-refractivity contribution is 0.941. The van der Waals surface area contributed by atoms with E-state index < -0.39 is 0 Å². The second kappa shape index (κ2) is 6.06. The summed E-state index contributed by atoms with van der Waals surface area (Å²) in [6.07, 6.45) is 0. The molecule has 0 fully saturated rings. The van der Waals surface area contributed by atoms with Crippen LogP contribution in [0.15, 0.2) is 60.7 Å². The molecule has 0 spiro atoms. The number of nitrogens with one attached hydrogen (secondary N) is 1. The van der Waals surface area contributed by atoms with Crippen LogP contribution in [-0.4, -0.2) is 14.6 Å². The van der Waals surface area contributed by atoms with Crippen LogP contribution in [0.4, 0.5) is 11.5 Å². The third-order valence-electron chi connectivity index (χ3n) is 4.32. The molecule has 0 atom stereocenters. The van der Waals surface area contributed by atoms with Crippen molar-refractivity contribution in [2.45, 2.75) is 20.8 Å². The molecule has 2 aromatic carbocycles. The number of nitrogens with zero attached hydrogens (tertiary/aromatic N) is 3. The summed E-state index contributed by atoms with van der Waals surface area (Å²) in [6.45, 7) is 6.18. The number of hydrogen-bond acceptors (Lipinski definition) is 3. The molecule has 124 valence electrons. The molecular weight excluding hydrogens is 308 g/mol. The monoisotopic (exact) mass is 328 g/mol. The van der Waals surface area contributed by atoms with Gasteiger partial charge < -0.3 is 5.32 Å². The highest BCUT2D eigenvalue weighted by molar-refractivity contribution is 5.72. The average molecular weight is 328 g/mol. The Morgan fingerprint density at radius 3 is 2.32 bits per heavy atom. The maximum atomic E-state index is 4.84. The van der Waals surface area contributed by atoms with E-state index in [0.717, 1.165) is 39.7 Å². The van der Waals surface area contributed by atoms with E-state index in [9.17, 15) is 0 Å². The molecule has 0 unspecified atom stereocenters. The third kappa shape index (κ3) is 2.87. The van der Waals surface area contributed by atoms with Gasteiger partial charge in [-0.15, -0.1) is 0 Å². The Labute approximate surface area is 147 Å². The molecule has 0 aliphatic heterocycles. The van der Waals surface area contributed by atoms with E-state index in [1.165, 1.54) is 5.56 Å². The fourth-order valence-electron chi connectivity index (χ4n) is 2.99. The zero-order valence-electron chi connectivity index (χ0n) is 14.6. The molecule has 2 heterocycles. The van der Waals surface area contributed by atoms with Crippen molar-refractivity contribution in [2.24, 2.45) is 0 Å². The van der Waals surface area contributed by atoms with Gasteiger partial charge in [0.15, 0.2) is 5.65 Å². The molecule has 0 saturated heterocycles. The van der Waals surface area contributed by atoms with Crippen molar-refractivity contribution in [1.29, 1.82) is 0 Å². The standard InChI is InChI=1S/C21H20N4/c1-14-9-11-17(12-10-14)20-16(3)21-22-15(2)13-19(25(21)24-20)23-18-7-5-4-6-8-18/h4-13,23H,1-3H3. The quantitative estimate of drug-likeness (QED) is 0.571. The van der Waals surface area contributed by atoms with Gasteiger partial charge in [-0.3, -0.25) is 0 Å². The maximum Gasteiger partial charge on any atom is 0.161 e. The Morgan fingerprint density at radius 2 is 1.60 bits per heavy atom. The molecule has 0 saturated carbocycles. The molecule has 0 bridgehead atoms. The highest BCUT2D eigenvalue weighted by Gasteiger charge is 2.15.